The van der Waals surface area contributed by atoms with Crippen LogP contribution in [0.5, 0.6) is 0 Å². The maximum atomic E-state index is 12.1. The molecule has 4 nitrogen and oxygen atoms in total. The zero-order valence-electron chi connectivity index (χ0n) is 11.7. The molecule has 1 aromatic rings. The molecule has 6 heteroatoms. The largest absolute Gasteiger partial charge is 0.481 e. The third-order valence-electron chi connectivity index (χ3n) is 4.15. The van der Waals surface area contributed by atoms with Crippen molar-refractivity contribution in [3.63, 3.8) is 0 Å². The Kier molecular flexibility index (Phi) is 4.79. The van der Waals surface area contributed by atoms with Gasteiger partial charge in [0.25, 0.3) is 0 Å². The minimum absolute atomic E-state index is 0.113. The van der Waals surface area contributed by atoms with Crippen molar-refractivity contribution in [2.24, 2.45) is 5.41 Å². The fourth-order valence-corrected chi connectivity index (χ4v) is 3.21. The van der Waals surface area contributed by atoms with Crippen LogP contribution in [0.15, 0.2) is 18.2 Å². The Balaban J connectivity index is 2.03. The molecule has 0 spiro atoms. The van der Waals surface area contributed by atoms with Crippen LogP contribution in [0.3, 0.4) is 0 Å². The monoisotopic (exact) mass is 329 g/mol. The van der Waals surface area contributed by atoms with Gasteiger partial charge in [-0.3, -0.25) is 9.59 Å². The topological polar surface area (TPSA) is 66.4 Å². The van der Waals surface area contributed by atoms with Gasteiger partial charge in [-0.2, -0.15) is 0 Å². The first-order valence-corrected chi connectivity index (χ1v) is 7.55. The van der Waals surface area contributed by atoms with Gasteiger partial charge >= 0.3 is 5.97 Å². The van der Waals surface area contributed by atoms with E-state index in [1.165, 1.54) is 0 Å². The van der Waals surface area contributed by atoms with E-state index in [2.05, 4.69) is 5.32 Å². The average Bonchev–Trinajstić information content (AvgIpc) is 2.76. The van der Waals surface area contributed by atoms with Crippen molar-refractivity contribution >= 4 is 35.1 Å². The van der Waals surface area contributed by atoms with Crippen LogP contribution in [0, 0.1) is 5.41 Å². The van der Waals surface area contributed by atoms with Crippen molar-refractivity contribution in [1.29, 1.82) is 0 Å². The van der Waals surface area contributed by atoms with E-state index in [1.54, 1.807) is 25.1 Å². The second-order valence-corrected chi connectivity index (χ2v) is 6.49. The lowest BCUT2D eigenvalue weighted by molar-refractivity contribution is -0.149. The molecule has 1 amide bonds. The highest BCUT2D eigenvalue weighted by Crippen LogP contribution is 2.38. The average molecular weight is 330 g/mol. The summed E-state index contributed by atoms with van der Waals surface area (Å²) in [6, 6.07) is 4.62. The summed E-state index contributed by atoms with van der Waals surface area (Å²) in [6.45, 7) is 1.68. The molecular formula is C15H17Cl2NO3. The number of carbonyl (C=O) groups excluding carboxylic acids is 1. The van der Waals surface area contributed by atoms with Gasteiger partial charge in [-0.15, -0.1) is 0 Å². The Morgan fingerprint density at radius 1 is 1.43 bits per heavy atom. The van der Waals surface area contributed by atoms with Crippen LogP contribution in [0.2, 0.25) is 10.0 Å². The summed E-state index contributed by atoms with van der Waals surface area (Å²) >= 11 is 11.9. The Morgan fingerprint density at radius 3 is 2.76 bits per heavy atom. The lowest BCUT2D eigenvalue weighted by Gasteiger charge is -2.27. The van der Waals surface area contributed by atoms with E-state index in [0.29, 0.717) is 28.5 Å². The van der Waals surface area contributed by atoms with Crippen LogP contribution >= 0.6 is 23.2 Å². The van der Waals surface area contributed by atoms with Crippen molar-refractivity contribution in [3.05, 3.63) is 33.8 Å². The highest BCUT2D eigenvalue weighted by atomic mass is 35.5. The number of halogens is 2. The lowest BCUT2D eigenvalue weighted by atomic mass is 9.85. The molecule has 0 saturated heterocycles. The summed E-state index contributed by atoms with van der Waals surface area (Å²) in [7, 11) is 0. The third kappa shape index (κ3) is 3.50. The molecule has 1 fully saturated rings. The second kappa shape index (κ2) is 6.24. The van der Waals surface area contributed by atoms with Crippen molar-refractivity contribution in [2.45, 2.75) is 38.6 Å². The molecule has 0 aliphatic heterocycles. The van der Waals surface area contributed by atoms with Gasteiger partial charge in [0.1, 0.15) is 0 Å². The van der Waals surface area contributed by atoms with Gasteiger partial charge in [0.2, 0.25) is 5.91 Å². The maximum Gasteiger partial charge on any atom is 0.311 e. The van der Waals surface area contributed by atoms with E-state index in [-0.39, 0.29) is 18.4 Å². The number of amides is 1. The summed E-state index contributed by atoms with van der Waals surface area (Å²) in [4.78, 5) is 23.5. The van der Waals surface area contributed by atoms with E-state index in [1.807, 2.05) is 0 Å². The van der Waals surface area contributed by atoms with Crippen LogP contribution < -0.4 is 5.32 Å². The number of carboxylic acids is 1. The Bertz CT molecular complexity index is 576. The van der Waals surface area contributed by atoms with Gasteiger partial charge in [0, 0.05) is 16.1 Å². The highest BCUT2D eigenvalue weighted by Gasteiger charge is 2.45. The number of aliphatic carboxylic acids is 1. The molecule has 2 atom stereocenters. The molecule has 1 aliphatic carbocycles. The molecule has 1 saturated carbocycles. The normalized spacial score (nSPS) is 24.8. The first kappa shape index (κ1) is 16.1. The molecule has 2 N–H and O–H groups in total. The predicted molar refractivity (Wildman–Crippen MR) is 81.7 cm³/mol. The first-order valence-electron chi connectivity index (χ1n) is 6.79. The van der Waals surface area contributed by atoms with Gasteiger partial charge in [-0.1, -0.05) is 35.7 Å². The summed E-state index contributed by atoms with van der Waals surface area (Å²) < 4.78 is 0. The number of carbonyl (C=O) groups is 2. The predicted octanol–water partition coefficient (Wildman–Crippen LogP) is 3.30. The molecule has 0 aromatic heterocycles. The van der Waals surface area contributed by atoms with Crippen LogP contribution in [0.25, 0.3) is 0 Å². The number of hydrogen-bond acceptors (Lipinski definition) is 2. The number of rotatable bonds is 4. The van der Waals surface area contributed by atoms with Gasteiger partial charge in [0.15, 0.2) is 0 Å². The molecule has 2 rings (SSSR count). The van der Waals surface area contributed by atoms with Crippen LogP contribution in [-0.4, -0.2) is 23.0 Å². The Hall–Kier alpha value is -1.26. The van der Waals surface area contributed by atoms with E-state index in [4.69, 9.17) is 23.2 Å². The highest BCUT2D eigenvalue weighted by molar-refractivity contribution is 6.35. The minimum atomic E-state index is -0.889. The molecule has 2 unspecified atom stereocenters. The summed E-state index contributed by atoms with van der Waals surface area (Å²) in [5, 5.41) is 13.1. The molecule has 1 aromatic carbocycles. The second-order valence-electron chi connectivity index (χ2n) is 5.65. The van der Waals surface area contributed by atoms with Gasteiger partial charge in [-0.25, -0.2) is 0 Å². The Morgan fingerprint density at radius 2 is 2.14 bits per heavy atom. The van der Waals surface area contributed by atoms with Crippen LogP contribution in [-0.2, 0) is 16.0 Å². The van der Waals surface area contributed by atoms with E-state index >= 15 is 0 Å². The molecular weight excluding hydrogens is 313 g/mol. The first-order chi connectivity index (χ1) is 9.83. The zero-order valence-corrected chi connectivity index (χ0v) is 13.2. The molecule has 0 heterocycles. The minimum Gasteiger partial charge on any atom is -0.481 e. The van der Waals surface area contributed by atoms with Crippen molar-refractivity contribution in [3.8, 4) is 0 Å². The van der Waals surface area contributed by atoms with Crippen molar-refractivity contribution in [2.75, 3.05) is 0 Å². The Labute approximate surface area is 133 Å². The lowest BCUT2D eigenvalue weighted by Crippen LogP contribution is -2.47. The van der Waals surface area contributed by atoms with Gasteiger partial charge < -0.3 is 10.4 Å². The molecule has 114 valence electrons. The third-order valence-corrected chi connectivity index (χ3v) is 4.73. The van der Waals surface area contributed by atoms with Crippen LogP contribution in [0.1, 0.15) is 31.7 Å². The maximum absolute atomic E-state index is 12.1. The number of carboxylic acid groups (broad SMARTS) is 1. The van der Waals surface area contributed by atoms with E-state index in [0.717, 1.165) is 6.42 Å². The quantitative estimate of drug-likeness (QED) is 0.890. The standard InChI is InChI=1S/C15H17Cl2NO3/c1-15(14(20)21)6-2-3-12(15)18-13(19)7-9-4-5-10(16)8-11(9)17/h4-5,8,12H,2-3,6-7H2,1H3,(H,18,19)(H,20,21). The molecule has 21 heavy (non-hydrogen) atoms. The van der Waals surface area contributed by atoms with Gasteiger partial charge in [0.05, 0.1) is 11.8 Å². The zero-order chi connectivity index (χ0) is 15.6. The number of benzene rings is 1. The van der Waals surface area contributed by atoms with Crippen molar-refractivity contribution in [1.82, 2.24) is 5.32 Å². The van der Waals surface area contributed by atoms with E-state index < -0.39 is 11.4 Å². The number of hydrogen-bond donors (Lipinski definition) is 2. The summed E-state index contributed by atoms with van der Waals surface area (Å²) in [5.74, 6) is -1.09. The van der Waals surface area contributed by atoms with E-state index in [9.17, 15) is 14.7 Å². The fourth-order valence-electron chi connectivity index (χ4n) is 2.74. The summed E-state index contributed by atoms with van der Waals surface area (Å²) in [5.41, 5.74) is -0.215. The summed E-state index contributed by atoms with van der Waals surface area (Å²) in [6.07, 6.45) is 2.18. The SMILES string of the molecule is CC1(C(=O)O)CCCC1NC(=O)Cc1ccc(Cl)cc1Cl. The van der Waals surface area contributed by atoms with Gasteiger partial charge in [-0.05, 0) is 37.5 Å². The van der Waals surface area contributed by atoms with Crippen molar-refractivity contribution < 1.29 is 14.7 Å². The number of nitrogens with one attached hydrogen (secondary N) is 1. The molecule has 1 aliphatic rings. The molecule has 0 radical (unpaired) electrons. The smallest absolute Gasteiger partial charge is 0.311 e. The molecule has 0 bridgehead atoms. The van der Waals surface area contributed by atoms with Crippen LogP contribution in [0.4, 0.5) is 0 Å². The fraction of sp³-hybridized carbons (Fsp3) is 0.467.